The molecule has 2 heterocycles. The van der Waals surface area contributed by atoms with Crippen molar-refractivity contribution in [3.8, 4) is 11.8 Å². The summed E-state index contributed by atoms with van der Waals surface area (Å²) >= 11 is 0. The summed E-state index contributed by atoms with van der Waals surface area (Å²) in [5, 5.41) is 7.20. The largest absolute Gasteiger partial charge is 0.469 e. The fourth-order valence-electron chi connectivity index (χ4n) is 2.39. The first kappa shape index (κ1) is 18.1. The minimum atomic E-state index is -0.301. The summed E-state index contributed by atoms with van der Waals surface area (Å²) in [7, 11) is 3.21. The fraction of sp³-hybridized carbons (Fsp3) is 0.200. The number of carbonyl (C=O) groups excluding carboxylic acids is 1. The lowest BCUT2D eigenvalue weighted by atomic mass is 10.0. The molecule has 0 unspecified atom stereocenters. The zero-order valence-corrected chi connectivity index (χ0v) is 15.4. The second-order valence-electron chi connectivity index (χ2n) is 5.91. The highest BCUT2D eigenvalue weighted by molar-refractivity contribution is 5.73. The topological polar surface area (TPSA) is 81.9 Å². The number of nitrogens with zero attached hydrogens (tertiary/aromatic N) is 4. The van der Waals surface area contributed by atoms with Crippen LogP contribution in [0.5, 0.6) is 0 Å². The third-order valence-electron chi connectivity index (χ3n) is 3.83. The summed E-state index contributed by atoms with van der Waals surface area (Å²) in [6.07, 6.45) is 5.42. The summed E-state index contributed by atoms with van der Waals surface area (Å²) in [6.45, 7) is 1.90. The van der Waals surface area contributed by atoms with E-state index in [1.54, 1.807) is 17.1 Å². The number of esters is 1. The molecule has 0 aliphatic rings. The van der Waals surface area contributed by atoms with Crippen molar-refractivity contribution >= 4 is 17.6 Å². The Bertz CT molecular complexity index is 1030. The van der Waals surface area contributed by atoms with Crippen LogP contribution in [-0.4, -0.2) is 32.8 Å². The number of methoxy groups -OCH3 is 1. The van der Waals surface area contributed by atoms with E-state index in [0.29, 0.717) is 11.6 Å². The first-order valence-electron chi connectivity index (χ1n) is 8.31. The van der Waals surface area contributed by atoms with E-state index < -0.39 is 0 Å². The molecule has 0 radical (unpaired) electrons. The Morgan fingerprint density at radius 1 is 1.26 bits per heavy atom. The summed E-state index contributed by atoms with van der Waals surface area (Å²) in [5.74, 6) is 6.33. The molecule has 1 aromatic carbocycles. The lowest BCUT2D eigenvalue weighted by Gasteiger charge is -2.04. The highest BCUT2D eigenvalue weighted by Gasteiger charge is 2.07. The summed E-state index contributed by atoms with van der Waals surface area (Å²) in [4.78, 5) is 20.3. The molecule has 2 aromatic heterocycles. The quantitative estimate of drug-likeness (QED) is 0.568. The molecule has 27 heavy (non-hydrogen) atoms. The average Bonchev–Trinajstić information content (AvgIpc) is 3.07. The minimum Gasteiger partial charge on any atom is -0.469 e. The first-order chi connectivity index (χ1) is 13.0. The van der Waals surface area contributed by atoms with Crippen molar-refractivity contribution in [1.29, 1.82) is 0 Å². The van der Waals surface area contributed by atoms with E-state index in [0.717, 1.165) is 22.4 Å². The second kappa shape index (κ2) is 8.15. The van der Waals surface area contributed by atoms with Gasteiger partial charge in [0.2, 0.25) is 5.95 Å². The maximum Gasteiger partial charge on any atom is 0.310 e. The monoisotopic (exact) mass is 361 g/mol. The molecular weight excluding hydrogens is 342 g/mol. The van der Waals surface area contributed by atoms with Gasteiger partial charge in [-0.1, -0.05) is 24.1 Å². The molecule has 0 bridgehead atoms. The molecule has 3 rings (SSSR count). The highest BCUT2D eigenvalue weighted by Crippen LogP contribution is 2.13. The van der Waals surface area contributed by atoms with Gasteiger partial charge >= 0.3 is 5.97 Å². The maximum atomic E-state index is 11.6. The van der Waals surface area contributed by atoms with Crippen LogP contribution in [0.4, 0.5) is 11.6 Å². The lowest BCUT2D eigenvalue weighted by molar-refractivity contribution is -0.139. The first-order valence-corrected chi connectivity index (χ1v) is 8.31. The van der Waals surface area contributed by atoms with E-state index in [1.165, 1.54) is 7.11 Å². The Balaban J connectivity index is 1.86. The van der Waals surface area contributed by atoms with E-state index in [-0.39, 0.29) is 12.4 Å². The van der Waals surface area contributed by atoms with Crippen LogP contribution in [0.1, 0.15) is 22.4 Å². The molecule has 3 aromatic rings. The zero-order chi connectivity index (χ0) is 19.2. The summed E-state index contributed by atoms with van der Waals surface area (Å²) < 4.78 is 6.43. The van der Waals surface area contributed by atoms with Gasteiger partial charge < -0.3 is 10.1 Å². The molecular formula is C20H19N5O2. The molecule has 0 atom stereocenters. The van der Waals surface area contributed by atoms with Crippen LogP contribution >= 0.6 is 0 Å². The molecule has 0 saturated carbocycles. The van der Waals surface area contributed by atoms with Gasteiger partial charge in [-0.3, -0.25) is 9.48 Å². The number of hydrogen-bond donors (Lipinski definition) is 1. The average molecular weight is 361 g/mol. The molecule has 0 aliphatic carbocycles. The molecule has 7 nitrogen and oxygen atoms in total. The van der Waals surface area contributed by atoms with Crippen LogP contribution in [-0.2, 0) is 23.0 Å². The molecule has 7 heteroatoms. The number of benzene rings is 1. The Morgan fingerprint density at radius 2 is 2.07 bits per heavy atom. The molecule has 0 amide bonds. The number of carbonyl (C=O) groups is 1. The maximum absolute atomic E-state index is 11.6. The number of aryl methyl sites for hydroxylation is 2. The van der Waals surface area contributed by atoms with Crippen LogP contribution in [0.25, 0.3) is 0 Å². The minimum absolute atomic E-state index is 0.178. The predicted molar refractivity (Wildman–Crippen MR) is 101 cm³/mol. The second-order valence-corrected chi connectivity index (χ2v) is 5.91. The van der Waals surface area contributed by atoms with Crippen molar-refractivity contribution in [2.75, 3.05) is 12.4 Å². The van der Waals surface area contributed by atoms with E-state index in [1.807, 2.05) is 44.4 Å². The van der Waals surface area contributed by atoms with Gasteiger partial charge in [-0.2, -0.15) is 5.10 Å². The van der Waals surface area contributed by atoms with Crippen molar-refractivity contribution in [2.24, 2.45) is 7.05 Å². The van der Waals surface area contributed by atoms with E-state index in [4.69, 9.17) is 4.74 Å². The van der Waals surface area contributed by atoms with Gasteiger partial charge in [0.05, 0.1) is 25.4 Å². The molecule has 1 N–H and O–H groups in total. The van der Waals surface area contributed by atoms with Gasteiger partial charge in [-0.25, -0.2) is 9.97 Å². The van der Waals surface area contributed by atoms with Crippen LogP contribution in [0.2, 0.25) is 0 Å². The normalized spacial score (nSPS) is 10.0. The van der Waals surface area contributed by atoms with Gasteiger partial charge in [0.25, 0.3) is 0 Å². The molecule has 0 saturated heterocycles. The Labute approximate surface area is 157 Å². The smallest absolute Gasteiger partial charge is 0.310 e. The number of anilines is 2. The number of aromatic nitrogens is 4. The van der Waals surface area contributed by atoms with Gasteiger partial charge in [0, 0.05) is 30.6 Å². The number of ether oxygens (including phenoxy) is 1. The van der Waals surface area contributed by atoms with Crippen LogP contribution in [0, 0.1) is 18.8 Å². The standard InChI is InChI=1S/C20H19N5O2/c1-14-11-21-20(23-17-12-22-25(2)13-17)24-18(14)9-8-15-6-4-5-7-16(15)10-19(26)27-3/h4-7,11-13H,10H2,1-3H3,(H,21,23,24). The van der Waals surface area contributed by atoms with E-state index >= 15 is 0 Å². The summed E-state index contributed by atoms with van der Waals surface area (Å²) in [6, 6.07) is 7.49. The fourth-order valence-corrected chi connectivity index (χ4v) is 2.39. The van der Waals surface area contributed by atoms with Gasteiger partial charge in [0.1, 0.15) is 5.69 Å². The van der Waals surface area contributed by atoms with Crippen LogP contribution in [0.15, 0.2) is 42.9 Å². The highest BCUT2D eigenvalue weighted by atomic mass is 16.5. The Morgan fingerprint density at radius 3 is 2.81 bits per heavy atom. The number of hydrogen-bond acceptors (Lipinski definition) is 6. The molecule has 0 fully saturated rings. The number of nitrogens with one attached hydrogen (secondary N) is 1. The van der Waals surface area contributed by atoms with Crippen LogP contribution in [0.3, 0.4) is 0 Å². The third-order valence-corrected chi connectivity index (χ3v) is 3.83. The molecule has 0 aliphatic heterocycles. The van der Waals surface area contributed by atoms with Crippen molar-refractivity contribution in [2.45, 2.75) is 13.3 Å². The van der Waals surface area contributed by atoms with Crippen molar-refractivity contribution in [3.05, 3.63) is 65.2 Å². The lowest BCUT2D eigenvalue weighted by Crippen LogP contribution is -2.05. The third kappa shape index (κ3) is 4.70. The Kier molecular flexibility index (Phi) is 5.47. The van der Waals surface area contributed by atoms with Gasteiger partial charge in [0.15, 0.2) is 0 Å². The SMILES string of the molecule is COC(=O)Cc1ccccc1C#Cc1nc(Nc2cnn(C)c2)ncc1C. The van der Waals surface area contributed by atoms with Crippen molar-refractivity contribution < 1.29 is 9.53 Å². The molecule has 0 spiro atoms. The van der Waals surface area contributed by atoms with Crippen LogP contribution < -0.4 is 5.32 Å². The van der Waals surface area contributed by atoms with Crippen molar-refractivity contribution in [3.63, 3.8) is 0 Å². The summed E-state index contributed by atoms with van der Waals surface area (Å²) in [5.41, 5.74) is 3.86. The zero-order valence-electron chi connectivity index (χ0n) is 15.4. The van der Waals surface area contributed by atoms with Crippen molar-refractivity contribution in [1.82, 2.24) is 19.7 Å². The predicted octanol–water partition coefficient (Wildman–Crippen LogP) is 2.38. The van der Waals surface area contributed by atoms with Gasteiger partial charge in [-0.15, -0.1) is 0 Å². The van der Waals surface area contributed by atoms with E-state index in [9.17, 15) is 4.79 Å². The van der Waals surface area contributed by atoms with Gasteiger partial charge in [-0.05, 0) is 24.5 Å². The Hall–Kier alpha value is -3.66. The molecule has 136 valence electrons. The number of rotatable bonds is 4. The van der Waals surface area contributed by atoms with E-state index in [2.05, 4.69) is 32.2 Å².